The first-order valence-corrected chi connectivity index (χ1v) is 8.51. The number of nitrogens with zero attached hydrogens (tertiary/aromatic N) is 2. The molecule has 5 heteroatoms. The number of halogens is 1. The summed E-state index contributed by atoms with van der Waals surface area (Å²) < 4.78 is 21.4. The van der Waals surface area contributed by atoms with Crippen LogP contribution >= 0.6 is 0 Å². The van der Waals surface area contributed by atoms with Gasteiger partial charge < -0.3 is 0 Å². The van der Waals surface area contributed by atoms with Crippen molar-refractivity contribution in [2.24, 2.45) is 8.39 Å². The fourth-order valence-electron chi connectivity index (χ4n) is 0.713. The normalized spacial score (nSPS) is 10.9. The van der Waals surface area contributed by atoms with Gasteiger partial charge in [-0.3, -0.25) is 4.03 Å². The molecule has 1 aromatic rings. The maximum Gasteiger partial charge on any atom is 0.190 e. The van der Waals surface area contributed by atoms with E-state index in [2.05, 4.69) is 28.0 Å². The van der Waals surface area contributed by atoms with Gasteiger partial charge in [0.15, 0.2) is 8.24 Å². The zero-order chi connectivity index (χ0) is 10.6. The third-order valence-electron chi connectivity index (χ3n) is 1.31. The van der Waals surface area contributed by atoms with Gasteiger partial charge in [-0.1, -0.05) is 12.1 Å². The van der Waals surface area contributed by atoms with Crippen molar-refractivity contribution in [2.75, 3.05) is 0 Å². The van der Waals surface area contributed by atoms with Gasteiger partial charge in [0.25, 0.3) is 0 Å². The van der Waals surface area contributed by atoms with Crippen LogP contribution in [0.3, 0.4) is 0 Å². The van der Waals surface area contributed by atoms with E-state index >= 15 is 0 Å². The van der Waals surface area contributed by atoms with E-state index in [1.165, 1.54) is 6.07 Å². The minimum Gasteiger partial charge on any atom is -0.256 e. The molecule has 0 unspecified atom stereocenters. The van der Waals surface area contributed by atoms with Gasteiger partial charge in [0, 0.05) is 0 Å². The molecule has 0 saturated heterocycles. The van der Waals surface area contributed by atoms with Crippen LogP contribution in [-0.4, -0.2) is 8.24 Å². The van der Waals surface area contributed by atoms with E-state index in [1.54, 1.807) is 18.2 Å². The lowest BCUT2D eigenvalue weighted by atomic mass is 10.3. The minimum absolute atomic E-state index is 0.300. The van der Waals surface area contributed by atoms with Crippen LogP contribution in [0.1, 0.15) is 0 Å². The summed E-state index contributed by atoms with van der Waals surface area (Å²) in [4.78, 5) is 0. The molecule has 76 valence electrons. The van der Waals surface area contributed by atoms with Crippen LogP contribution < -0.4 is 0 Å². The van der Waals surface area contributed by atoms with Crippen molar-refractivity contribution in [2.45, 2.75) is 19.6 Å². The third-order valence-corrected chi connectivity index (χ3v) is 4.10. The molecular weight excluding hydrogens is 215 g/mol. The molecule has 0 fully saturated rings. The van der Waals surface area contributed by atoms with Gasteiger partial charge in [-0.15, -0.1) is 0 Å². The molecule has 1 aromatic carbocycles. The summed E-state index contributed by atoms with van der Waals surface area (Å²) in [6, 6.07) is 6.45. The Balaban J connectivity index is 2.90. The number of benzene rings is 1. The van der Waals surface area contributed by atoms with Crippen molar-refractivity contribution in [3.05, 3.63) is 30.1 Å². The Hall–Kier alpha value is -0.813. The predicted octanol–water partition coefficient (Wildman–Crippen LogP) is 3.74. The standard InChI is InChI=1S/C9H13FN2SSi/c1-14(2,3)12-13-11-9-7-5-4-6-8(9)10/h4-7H,1-3H3. The molecule has 0 N–H and O–H groups in total. The molecule has 0 amide bonds. The topological polar surface area (TPSA) is 24.7 Å². The Kier molecular flexibility index (Phi) is 3.71. The highest BCUT2D eigenvalue weighted by Gasteiger charge is 2.09. The lowest BCUT2D eigenvalue weighted by molar-refractivity contribution is 0.630. The Morgan fingerprint density at radius 2 is 1.86 bits per heavy atom. The summed E-state index contributed by atoms with van der Waals surface area (Å²) in [6.45, 7) is 6.32. The van der Waals surface area contributed by atoms with E-state index in [1.807, 2.05) is 0 Å². The van der Waals surface area contributed by atoms with Crippen LogP contribution in [0, 0.1) is 5.82 Å². The van der Waals surface area contributed by atoms with Crippen molar-refractivity contribution in [1.29, 1.82) is 0 Å². The van der Waals surface area contributed by atoms with Gasteiger partial charge in [0.2, 0.25) is 0 Å². The SMILES string of the molecule is C[Si](C)(C)N=S=Nc1ccccc1F. The van der Waals surface area contributed by atoms with Crippen LogP contribution in [-0.2, 0) is 11.4 Å². The van der Waals surface area contributed by atoms with E-state index < -0.39 is 8.24 Å². The molecule has 0 radical (unpaired) electrons. The summed E-state index contributed by atoms with van der Waals surface area (Å²) >= 11 is 1.10. The molecule has 2 nitrogen and oxygen atoms in total. The summed E-state index contributed by atoms with van der Waals surface area (Å²) in [5.41, 5.74) is 0.361. The minimum atomic E-state index is -1.46. The van der Waals surface area contributed by atoms with E-state index in [9.17, 15) is 4.39 Å². The molecule has 0 heterocycles. The smallest absolute Gasteiger partial charge is 0.190 e. The summed E-state index contributed by atoms with van der Waals surface area (Å²) in [6.07, 6.45) is 0. The fraction of sp³-hybridized carbons (Fsp3) is 0.333. The second kappa shape index (κ2) is 4.61. The largest absolute Gasteiger partial charge is 0.256 e. The molecule has 0 atom stereocenters. The van der Waals surface area contributed by atoms with Crippen molar-refractivity contribution in [3.8, 4) is 0 Å². The number of rotatable bonds is 2. The van der Waals surface area contributed by atoms with Crippen LogP contribution in [0.25, 0.3) is 0 Å². The second-order valence-electron chi connectivity index (χ2n) is 3.89. The summed E-state index contributed by atoms with van der Waals surface area (Å²) in [5, 5.41) is 0. The van der Waals surface area contributed by atoms with Crippen LogP contribution in [0.5, 0.6) is 0 Å². The zero-order valence-electron chi connectivity index (χ0n) is 8.49. The summed E-state index contributed by atoms with van der Waals surface area (Å²) in [7, 11) is -1.46. The maximum atomic E-state index is 13.1. The van der Waals surface area contributed by atoms with E-state index in [4.69, 9.17) is 0 Å². The Labute approximate surface area is 88.1 Å². The Bertz CT molecular complexity index is 381. The van der Waals surface area contributed by atoms with Gasteiger partial charge >= 0.3 is 0 Å². The molecule has 0 bridgehead atoms. The highest BCUT2D eigenvalue weighted by molar-refractivity contribution is 7.58. The van der Waals surface area contributed by atoms with Crippen LogP contribution in [0.4, 0.5) is 10.1 Å². The van der Waals surface area contributed by atoms with E-state index in [0.29, 0.717) is 5.69 Å². The molecule has 0 aliphatic carbocycles. The van der Waals surface area contributed by atoms with Crippen molar-refractivity contribution >= 4 is 25.3 Å². The highest BCUT2D eigenvalue weighted by Crippen LogP contribution is 2.15. The third kappa shape index (κ3) is 3.93. The van der Waals surface area contributed by atoms with Gasteiger partial charge in [-0.25, -0.2) is 4.39 Å². The van der Waals surface area contributed by atoms with Gasteiger partial charge in [-0.2, -0.15) is 4.36 Å². The zero-order valence-corrected chi connectivity index (χ0v) is 10.3. The molecule has 14 heavy (non-hydrogen) atoms. The molecular formula is C9H13FN2SSi. The van der Waals surface area contributed by atoms with Crippen molar-refractivity contribution in [3.63, 3.8) is 0 Å². The first-order valence-electron chi connectivity index (χ1n) is 4.33. The molecule has 0 aromatic heterocycles. The molecule has 0 aliphatic heterocycles. The Morgan fingerprint density at radius 3 is 2.43 bits per heavy atom. The van der Waals surface area contributed by atoms with Gasteiger partial charge in [0.05, 0.1) is 11.4 Å². The highest BCUT2D eigenvalue weighted by atomic mass is 32.1. The van der Waals surface area contributed by atoms with E-state index in [-0.39, 0.29) is 5.82 Å². The lowest BCUT2D eigenvalue weighted by Gasteiger charge is -2.02. The number of hydrogen-bond donors (Lipinski definition) is 0. The predicted molar refractivity (Wildman–Crippen MR) is 61.6 cm³/mol. The fourth-order valence-corrected chi connectivity index (χ4v) is 2.09. The van der Waals surface area contributed by atoms with Crippen molar-refractivity contribution < 1.29 is 4.39 Å². The van der Waals surface area contributed by atoms with Crippen molar-refractivity contribution in [1.82, 2.24) is 0 Å². The first-order chi connectivity index (χ1) is 6.49. The molecule has 0 aliphatic rings. The lowest BCUT2D eigenvalue weighted by Crippen LogP contribution is -2.14. The van der Waals surface area contributed by atoms with Gasteiger partial charge in [-0.05, 0) is 31.8 Å². The first kappa shape index (κ1) is 11.3. The summed E-state index contributed by atoms with van der Waals surface area (Å²) in [5.74, 6) is -0.300. The van der Waals surface area contributed by atoms with Crippen LogP contribution in [0.15, 0.2) is 32.7 Å². The average Bonchev–Trinajstić information content (AvgIpc) is 2.06. The maximum absolute atomic E-state index is 13.1. The monoisotopic (exact) mass is 228 g/mol. The van der Waals surface area contributed by atoms with Crippen LogP contribution in [0.2, 0.25) is 19.6 Å². The van der Waals surface area contributed by atoms with E-state index in [0.717, 1.165) is 11.4 Å². The molecule has 1 rings (SSSR count). The number of hydrogen-bond acceptors (Lipinski definition) is 2. The molecule has 0 saturated carbocycles. The molecule has 0 spiro atoms. The Morgan fingerprint density at radius 1 is 1.21 bits per heavy atom. The second-order valence-corrected chi connectivity index (χ2v) is 9.30. The van der Waals surface area contributed by atoms with Gasteiger partial charge in [0.1, 0.15) is 11.5 Å². The average molecular weight is 228 g/mol. The quantitative estimate of drug-likeness (QED) is 0.689.